The Labute approximate surface area is 34.6 Å². The van der Waals surface area contributed by atoms with Crippen molar-refractivity contribution in [3.8, 4) is 0 Å². The minimum absolute atomic E-state index is 0.713. The average Bonchev–Trinajstić information content (AvgIpc) is 1.36. The van der Waals surface area contributed by atoms with Crippen LogP contribution >= 0.6 is 0 Å². The van der Waals surface area contributed by atoms with Crippen molar-refractivity contribution in [3.05, 3.63) is 0 Å². The second-order valence-electron chi connectivity index (χ2n) is 0.743. The van der Waals surface area contributed by atoms with E-state index in [-0.39, 0.29) is 0 Å². The maximum Gasteiger partial charge on any atom is 0.304 e. The lowest BCUT2D eigenvalue weighted by atomic mass is 10.6. The van der Waals surface area contributed by atoms with Gasteiger partial charge in [0, 0.05) is 0 Å². The van der Waals surface area contributed by atoms with Gasteiger partial charge >= 0.3 is 5.91 Å². The van der Waals surface area contributed by atoms with Crippen molar-refractivity contribution in [1.82, 2.24) is 5.73 Å². The second kappa shape index (κ2) is 1.40. The minimum atomic E-state index is -1.13. The number of amides is 1. The van der Waals surface area contributed by atoms with Gasteiger partial charge in [0.1, 0.15) is 0 Å². The summed E-state index contributed by atoms with van der Waals surface area (Å²) in [7, 11) is 0. The first-order valence-corrected chi connectivity index (χ1v) is 1.24. The summed E-state index contributed by atoms with van der Waals surface area (Å²) < 4.78 is 0. The standard InChI is InChI=1S/C2H4N3O/c3-1(4)2(5)6/h5H,(H3,3,4). The minimum Gasteiger partial charge on any atom is -0.380 e. The fourth-order valence-corrected chi connectivity index (χ4v) is 0. The average molecular weight is 86.1 g/mol. The first-order valence-electron chi connectivity index (χ1n) is 1.24. The Morgan fingerprint density at radius 3 is 1.83 bits per heavy atom. The predicted octanol–water partition coefficient (Wildman–Crippen LogP) is -1.27. The molecule has 0 unspecified atom stereocenters. The third kappa shape index (κ3) is 1.28. The molecule has 0 aliphatic rings. The third-order valence-electron chi connectivity index (χ3n) is 0.245. The van der Waals surface area contributed by atoms with Crippen LogP contribution in [0.4, 0.5) is 0 Å². The molecule has 6 heavy (non-hydrogen) atoms. The summed E-state index contributed by atoms with van der Waals surface area (Å²) in [5.74, 6) is -1.84. The van der Waals surface area contributed by atoms with Gasteiger partial charge in [-0.15, -0.1) is 0 Å². The van der Waals surface area contributed by atoms with Crippen molar-refractivity contribution in [2.75, 3.05) is 0 Å². The fraction of sp³-hybridized carbons (Fsp3) is 0. The molecule has 0 aliphatic carbocycles. The summed E-state index contributed by atoms with van der Waals surface area (Å²) in [5.41, 5.74) is 10.5. The van der Waals surface area contributed by atoms with Crippen molar-refractivity contribution in [3.63, 3.8) is 0 Å². The van der Waals surface area contributed by atoms with E-state index >= 15 is 0 Å². The van der Waals surface area contributed by atoms with Crippen LogP contribution in [0.5, 0.6) is 0 Å². The van der Waals surface area contributed by atoms with Crippen molar-refractivity contribution in [2.24, 2.45) is 5.73 Å². The van der Waals surface area contributed by atoms with Crippen LogP contribution in [0, 0.1) is 5.41 Å². The molecular weight excluding hydrogens is 82.0 g/mol. The molecule has 0 aliphatic heterocycles. The molecule has 0 spiro atoms. The molecule has 0 saturated carbocycles. The zero-order valence-electron chi connectivity index (χ0n) is 2.99. The highest BCUT2D eigenvalue weighted by Crippen LogP contribution is 1.50. The number of carbonyl (C=O) groups is 1. The zero-order chi connectivity index (χ0) is 5.15. The zero-order valence-corrected chi connectivity index (χ0v) is 2.99. The molecule has 0 bridgehead atoms. The molecule has 33 valence electrons. The Morgan fingerprint density at radius 1 is 1.67 bits per heavy atom. The summed E-state index contributed by atoms with van der Waals surface area (Å²) >= 11 is 0. The Balaban J connectivity index is 3.57. The van der Waals surface area contributed by atoms with Gasteiger partial charge in [-0.25, -0.2) is 0 Å². The van der Waals surface area contributed by atoms with Gasteiger partial charge in [-0.3, -0.25) is 15.9 Å². The van der Waals surface area contributed by atoms with E-state index < -0.39 is 11.7 Å². The summed E-state index contributed by atoms with van der Waals surface area (Å²) in [6, 6.07) is 0. The number of hydrogen-bond acceptors (Lipinski definition) is 2. The molecule has 1 amide bonds. The molecule has 1 radical (unpaired) electrons. The number of hydrogen-bond donors (Lipinski definition) is 2. The number of rotatable bonds is 0. The Hall–Kier alpha value is -1.06. The molecule has 0 aromatic heterocycles. The summed E-state index contributed by atoms with van der Waals surface area (Å²) in [4.78, 5) is 9.46. The number of nitrogens with one attached hydrogen (secondary N) is 2. The van der Waals surface area contributed by atoms with Gasteiger partial charge in [0.2, 0.25) is 0 Å². The van der Waals surface area contributed by atoms with Crippen LogP contribution < -0.4 is 11.5 Å². The van der Waals surface area contributed by atoms with Crippen LogP contribution in [0.2, 0.25) is 0 Å². The fourth-order valence-electron chi connectivity index (χ4n) is 0. The van der Waals surface area contributed by atoms with Crippen LogP contribution in [0.15, 0.2) is 0 Å². The van der Waals surface area contributed by atoms with Crippen molar-refractivity contribution in [2.45, 2.75) is 0 Å². The van der Waals surface area contributed by atoms with E-state index in [4.69, 9.17) is 11.1 Å². The van der Waals surface area contributed by atoms with Crippen LogP contribution in [-0.4, -0.2) is 11.7 Å². The van der Waals surface area contributed by atoms with E-state index in [0.29, 0.717) is 0 Å². The van der Waals surface area contributed by atoms with Gasteiger partial charge < -0.3 is 5.73 Å². The van der Waals surface area contributed by atoms with Gasteiger partial charge in [-0.05, 0) is 0 Å². The lowest BCUT2D eigenvalue weighted by molar-refractivity contribution is -0.112. The van der Waals surface area contributed by atoms with Crippen LogP contribution in [0.3, 0.4) is 0 Å². The van der Waals surface area contributed by atoms with E-state index in [9.17, 15) is 4.79 Å². The topological polar surface area (TPSA) is 90.7 Å². The highest BCUT2D eigenvalue weighted by Gasteiger charge is 1.92. The largest absolute Gasteiger partial charge is 0.380 e. The second-order valence-corrected chi connectivity index (χ2v) is 0.743. The van der Waals surface area contributed by atoms with E-state index in [1.807, 2.05) is 0 Å². The van der Waals surface area contributed by atoms with E-state index in [1.165, 1.54) is 0 Å². The Morgan fingerprint density at radius 2 is 1.83 bits per heavy atom. The molecule has 0 fully saturated rings. The van der Waals surface area contributed by atoms with Gasteiger partial charge in [-0.1, -0.05) is 0 Å². The van der Waals surface area contributed by atoms with Crippen LogP contribution in [0.1, 0.15) is 0 Å². The number of nitrogens with two attached hydrogens (primary N) is 1. The molecular formula is C2H4N3O. The summed E-state index contributed by atoms with van der Waals surface area (Å²) in [6.07, 6.45) is 0. The molecule has 4 heteroatoms. The van der Waals surface area contributed by atoms with Crippen molar-refractivity contribution >= 4 is 11.7 Å². The van der Waals surface area contributed by atoms with E-state index in [2.05, 4.69) is 5.73 Å². The molecule has 0 heterocycles. The molecule has 0 atom stereocenters. The summed E-state index contributed by atoms with van der Waals surface area (Å²) in [6.45, 7) is 0. The smallest absolute Gasteiger partial charge is 0.304 e. The highest BCUT2D eigenvalue weighted by atomic mass is 16.1. The van der Waals surface area contributed by atoms with Crippen molar-refractivity contribution in [1.29, 1.82) is 5.41 Å². The first-order chi connectivity index (χ1) is 2.64. The first kappa shape index (κ1) is 4.94. The third-order valence-corrected chi connectivity index (χ3v) is 0.245. The van der Waals surface area contributed by atoms with Gasteiger partial charge in [-0.2, -0.15) is 0 Å². The van der Waals surface area contributed by atoms with Crippen molar-refractivity contribution < 1.29 is 4.79 Å². The molecule has 4 N–H and O–H groups in total. The quantitative estimate of drug-likeness (QED) is 0.284. The van der Waals surface area contributed by atoms with Gasteiger partial charge in [0.25, 0.3) is 0 Å². The Kier molecular flexibility index (Phi) is 1.15. The van der Waals surface area contributed by atoms with Gasteiger partial charge in [0.05, 0.1) is 0 Å². The molecule has 0 aromatic rings. The number of carbonyl (C=O) groups excluding carboxylic acids is 1. The highest BCUT2D eigenvalue weighted by molar-refractivity contribution is 6.34. The van der Waals surface area contributed by atoms with E-state index in [0.717, 1.165) is 0 Å². The molecule has 0 saturated heterocycles. The summed E-state index contributed by atoms with van der Waals surface area (Å²) in [5, 5.41) is 6.19. The maximum atomic E-state index is 9.46. The van der Waals surface area contributed by atoms with Gasteiger partial charge in [0.15, 0.2) is 5.84 Å². The van der Waals surface area contributed by atoms with Crippen LogP contribution in [-0.2, 0) is 4.79 Å². The predicted molar refractivity (Wildman–Crippen MR) is 20.0 cm³/mol. The van der Waals surface area contributed by atoms with E-state index in [1.54, 1.807) is 0 Å². The lowest BCUT2D eigenvalue weighted by Gasteiger charge is -1.78. The lowest BCUT2D eigenvalue weighted by Crippen LogP contribution is -2.22. The molecule has 0 rings (SSSR count). The Bertz CT molecular complexity index is 74.8. The maximum absolute atomic E-state index is 9.46. The SMILES string of the molecule is [NH]C(=O)C(=N)N. The monoisotopic (exact) mass is 86.0 g/mol. The molecule has 4 nitrogen and oxygen atoms in total. The van der Waals surface area contributed by atoms with Crippen LogP contribution in [0.25, 0.3) is 0 Å². The normalized spacial score (nSPS) is 7.33. The molecule has 0 aromatic carbocycles. The number of amidine groups is 1.